The van der Waals surface area contributed by atoms with E-state index in [2.05, 4.69) is 31.3 Å². The first-order valence-corrected chi connectivity index (χ1v) is 11.9. The van der Waals surface area contributed by atoms with Crippen molar-refractivity contribution in [2.45, 2.75) is 17.6 Å². The number of thioether (sulfide) groups is 1. The van der Waals surface area contributed by atoms with Gasteiger partial charge in [0.2, 0.25) is 5.16 Å². The summed E-state index contributed by atoms with van der Waals surface area (Å²) in [4.78, 5) is 23.8. The normalized spacial score (nSPS) is 16.1. The minimum Gasteiger partial charge on any atom is -0.272 e. The third-order valence-corrected chi connectivity index (χ3v) is 7.31. The predicted molar refractivity (Wildman–Crippen MR) is 120 cm³/mol. The zero-order valence-corrected chi connectivity index (χ0v) is 18.1. The van der Waals surface area contributed by atoms with Crippen molar-refractivity contribution < 1.29 is 4.79 Å². The van der Waals surface area contributed by atoms with Crippen LogP contribution < -0.4 is 0 Å². The second-order valence-corrected chi connectivity index (χ2v) is 9.36. The van der Waals surface area contributed by atoms with Crippen molar-refractivity contribution in [3.8, 4) is 11.4 Å². The molecule has 0 spiro atoms. The number of hydrogen-bond donors (Lipinski definition) is 1. The van der Waals surface area contributed by atoms with Gasteiger partial charge in [-0.05, 0) is 35.0 Å². The highest BCUT2D eigenvalue weighted by atomic mass is 32.2. The van der Waals surface area contributed by atoms with Gasteiger partial charge in [0.1, 0.15) is 0 Å². The van der Waals surface area contributed by atoms with Crippen molar-refractivity contribution in [2.24, 2.45) is 5.10 Å². The van der Waals surface area contributed by atoms with Crippen LogP contribution in [0.1, 0.15) is 22.2 Å². The minimum absolute atomic E-state index is 0.0554. The van der Waals surface area contributed by atoms with E-state index in [9.17, 15) is 4.79 Å². The molecule has 10 heteroatoms. The average Bonchev–Trinajstić information content (AvgIpc) is 3.57. The molecule has 0 aromatic carbocycles. The van der Waals surface area contributed by atoms with Crippen molar-refractivity contribution in [1.29, 1.82) is 0 Å². The number of hydrogen-bond acceptors (Lipinski definition) is 8. The van der Waals surface area contributed by atoms with Crippen molar-refractivity contribution in [3.05, 3.63) is 69.3 Å². The first-order chi connectivity index (χ1) is 14.8. The second-order valence-electron chi connectivity index (χ2n) is 6.49. The number of amides is 1. The molecule has 4 aromatic rings. The number of aromatic nitrogens is 4. The van der Waals surface area contributed by atoms with E-state index in [0.717, 1.165) is 27.5 Å². The van der Waals surface area contributed by atoms with Gasteiger partial charge in [0.05, 0.1) is 22.4 Å². The Balaban J connectivity index is 1.31. The molecular weight excluding hydrogens is 436 g/mol. The van der Waals surface area contributed by atoms with Crippen LogP contribution in [0.3, 0.4) is 0 Å². The Morgan fingerprint density at radius 3 is 2.77 bits per heavy atom. The number of pyridine rings is 1. The van der Waals surface area contributed by atoms with Crippen LogP contribution in [0.4, 0.5) is 0 Å². The van der Waals surface area contributed by atoms with Crippen molar-refractivity contribution >= 4 is 46.1 Å². The summed E-state index contributed by atoms with van der Waals surface area (Å²) in [6.45, 7) is 0. The first-order valence-electron chi connectivity index (χ1n) is 9.20. The molecule has 0 fully saturated rings. The lowest BCUT2D eigenvalue weighted by Crippen LogP contribution is -2.28. The molecule has 1 unspecified atom stereocenters. The monoisotopic (exact) mass is 452 g/mol. The molecule has 4 aromatic heterocycles. The van der Waals surface area contributed by atoms with E-state index in [-0.39, 0.29) is 17.7 Å². The topological polar surface area (TPSA) is 87.1 Å². The van der Waals surface area contributed by atoms with Gasteiger partial charge in [-0.2, -0.15) is 5.10 Å². The lowest BCUT2D eigenvalue weighted by atomic mass is 10.1. The highest BCUT2D eigenvalue weighted by Crippen LogP contribution is 2.36. The van der Waals surface area contributed by atoms with Crippen LogP contribution in [0.25, 0.3) is 11.4 Å². The molecule has 1 aliphatic heterocycles. The van der Waals surface area contributed by atoms with Gasteiger partial charge in [-0.25, -0.2) is 9.99 Å². The number of rotatable bonds is 6. The summed E-state index contributed by atoms with van der Waals surface area (Å²) in [5.41, 5.74) is 1.86. The fourth-order valence-corrected chi connectivity index (χ4v) is 5.36. The van der Waals surface area contributed by atoms with E-state index in [1.165, 1.54) is 11.8 Å². The molecule has 1 N–H and O–H groups in total. The van der Waals surface area contributed by atoms with Crippen molar-refractivity contribution in [3.63, 3.8) is 0 Å². The van der Waals surface area contributed by atoms with E-state index in [0.29, 0.717) is 11.0 Å². The zero-order chi connectivity index (χ0) is 20.3. The molecule has 1 aliphatic rings. The number of thiophene rings is 2. The number of nitrogens with zero attached hydrogens (tertiary/aromatic N) is 5. The molecule has 30 heavy (non-hydrogen) atoms. The van der Waals surface area contributed by atoms with E-state index in [1.807, 2.05) is 41.1 Å². The van der Waals surface area contributed by atoms with E-state index < -0.39 is 0 Å². The van der Waals surface area contributed by atoms with Crippen LogP contribution in [0, 0.1) is 0 Å². The maximum atomic E-state index is 13.0. The third-order valence-electron chi connectivity index (χ3n) is 4.59. The van der Waals surface area contributed by atoms with Crippen molar-refractivity contribution in [2.75, 3.05) is 5.75 Å². The number of H-pyrrole nitrogens is 1. The third kappa shape index (κ3) is 3.93. The number of nitrogens with one attached hydrogen (secondary N) is 1. The molecule has 5 rings (SSSR count). The lowest BCUT2D eigenvalue weighted by Gasteiger charge is -2.20. The van der Waals surface area contributed by atoms with Gasteiger partial charge in [0.15, 0.2) is 5.82 Å². The summed E-state index contributed by atoms with van der Waals surface area (Å²) < 4.78 is 0. The molecule has 5 heterocycles. The van der Waals surface area contributed by atoms with E-state index in [4.69, 9.17) is 0 Å². The highest BCUT2D eigenvalue weighted by molar-refractivity contribution is 7.99. The van der Waals surface area contributed by atoms with Crippen LogP contribution >= 0.6 is 34.4 Å². The Morgan fingerprint density at radius 1 is 1.17 bits per heavy atom. The molecular formula is C20H16N6OS3. The second kappa shape index (κ2) is 8.50. The van der Waals surface area contributed by atoms with Crippen LogP contribution in [0.5, 0.6) is 0 Å². The molecule has 7 nitrogen and oxygen atoms in total. The van der Waals surface area contributed by atoms with Crippen LogP contribution in [0.2, 0.25) is 0 Å². The van der Waals surface area contributed by atoms with Crippen LogP contribution in [0.15, 0.2) is 69.8 Å². The first kappa shape index (κ1) is 19.2. The van der Waals surface area contributed by atoms with Crippen molar-refractivity contribution in [1.82, 2.24) is 25.2 Å². The van der Waals surface area contributed by atoms with Gasteiger partial charge < -0.3 is 0 Å². The Kier molecular flexibility index (Phi) is 5.43. The summed E-state index contributed by atoms with van der Waals surface area (Å²) in [5.74, 6) is 0.819. The molecule has 0 saturated carbocycles. The fourth-order valence-electron chi connectivity index (χ4n) is 3.18. The van der Waals surface area contributed by atoms with E-state index >= 15 is 0 Å². The number of carbonyl (C=O) groups excluding carboxylic acids is 1. The van der Waals surface area contributed by atoms with E-state index in [1.54, 1.807) is 40.1 Å². The maximum Gasteiger partial charge on any atom is 0.253 e. The number of aromatic amines is 1. The van der Waals surface area contributed by atoms with Gasteiger partial charge in [-0.1, -0.05) is 23.9 Å². The Bertz CT molecular complexity index is 1150. The summed E-state index contributed by atoms with van der Waals surface area (Å²) >= 11 is 4.60. The quantitative estimate of drug-likeness (QED) is 0.437. The molecule has 0 saturated heterocycles. The molecule has 150 valence electrons. The maximum absolute atomic E-state index is 13.0. The summed E-state index contributed by atoms with van der Waals surface area (Å²) in [7, 11) is 0. The Morgan fingerprint density at radius 2 is 2.00 bits per heavy atom. The van der Waals surface area contributed by atoms with Crippen LogP contribution in [-0.4, -0.2) is 42.5 Å². The number of carbonyl (C=O) groups is 1. The standard InChI is InChI=1S/C20H16N6OS3/c27-18(12-30-20-22-19(23-24-20)13-5-7-21-8-6-13)26-15(17-4-2-10-29-17)11-14(25-26)16-3-1-9-28-16/h1-10,15H,11-12H2,(H,22,23,24). The van der Waals surface area contributed by atoms with Gasteiger partial charge in [-0.3, -0.25) is 14.9 Å². The summed E-state index contributed by atoms with van der Waals surface area (Å²) in [5, 5.41) is 18.0. The van der Waals surface area contributed by atoms with Crippen LogP contribution in [-0.2, 0) is 4.79 Å². The summed E-state index contributed by atoms with van der Waals surface area (Å²) in [6.07, 6.45) is 4.13. The molecule has 1 amide bonds. The Hall–Kier alpha value is -2.82. The molecule has 0 radical (unpaired) electrons. The minimum atomic E-state index is -0.0604. The molecule has 0 aliphatic carbocycles. The highest BCUT2D eigenvalue weighted by Gasteiger charge is 2.34. The van der Waals surface area contributed by atoms with Gasteiger partial charge in [-0.15, -0.1) is 27.8 Å². The number of hydrazone groups is 1. The average molecular weight is 453 g/mol. The summed E-state index contributed by atoms with van der Waals surface area (Å²) in [6, 6.07) is 11.8. The largest absolute Gasteiger partial charge is 0.272 e. The smallest absolute Gasteiger partial charge is 0.253 e. The predicted octanol–water partition coefficient (Wildman–Crippen LogP) is 4.46. The van der Waals surface area contributed by atoms with Gasteiger partial charge >= 0.3 is 0 Å². The molecule has 1 atom stereocenters. The lowest BCUT2D eigenvalue weighted by molar-refractivity contribution is -0.130. The zero-order valence-electron chi connectivity index (χ0n) is 15.6. The fraction of sp³-hybridized carbons (Fsp3) is 0.150. The SMILES string of the molecule is O=C(CSc1n[nH]c(-c2ccncc2)n1)N1N=C(c2cccs2)CC1c1cccs1. The molecule has 0 bridgehead atoms. The Labute approximate surface area is 184 Å². The van der Waals surface area contributed by atoms with Gasteiger partial charge in [0, 0.05) is 29.3 Å². The van der Waals surface area contributed by atoms with Gasteiger partial charge in [0.25, 0.3) is 5.91 Å².